The smallest absolute Gasteiger partial charge is 0.263 e. The molecule has 0 unspecified atom stereocenters. The predicted molar refractivity (Wildman–Crippen MR) is 84.3 cm³/mol. The van der Waals surface area contributed by atoms with Gasteiger partial charge in [0, 0.05) is 12.0 Å². The van der Waals surface area contributed by atoms with Gasteiger partial charge in [-0.2, -0.15) is 0 Å². The molecule has 1 aromatic carbocycles. The molecule has 0 radical (unpaired) electrons. The second kappa shape index (κ2) is 6.37. The summed E-state index contributed by atoms with van der Waals surface area (Å²) in [7, 11) is 0. The van der Waals surface area contributed by atoms with Gasteiger partial charge in [0.1, 0.15) is 4.88 Å². The van der Waals surface area contributed by atoms with E-state index < -0.39 is 0 Å². The molecule has 112 valence electrons. The minimum Gasteiger partial charge on any atom is -0.392 e. The number of benzene rings is 1. The maximum Gasteiger partial charge on any atom is 0.263 e. The maximum absolute atomic E-state index is 12.3. The lowest BCUT2D eigenvalue weighted by molar-refractivity contribution is 0.0952. The number of carbonyl (C=O) groups excluding carboxylic acids is 1. The number of hydrogen-bond donors (Lipinski definition) is 2. The molecule has 0 aliphatic carbocycles. The summed E-state index contributed by atoms with van der Waals surface area (Å²) in [6.45, 7) is 6.50. The van der Waals surface area contributed by atoms with E-state index >= 15 is 0 Å². The van der Waals surface area contributed by atoms with Crippen LogP contribution in [0.5, 0.6) is 0 Å². The fraction of sp³-hybridized carbons (Fsp3) is 0.375. The average molecular weight is 304 g/mol. The highest BCUT2D eigenvalue weighted by Crippen LogP contribution is 2.27. The molecule has 5 heteroatoms. The third kappa shape index (κ3) is 3.68. The van der Waals surface area contributed by atoms with Crippen molar-refractivity contribution in [3.63, 3.8) is 0 Å². The van der Waals surface area contributed by atoms with Gasteiger partial charge >= 0.3 is 0 Å². The lowest BCUT2D eigenvalue weighted by Gasteiger charge is -2.17. The summed E-state index contributed by atoms with van der Waals surface area (Å²) in [6.07, 6.45) is 0. The molecule has 0 atom stereocenters. The first-order valence-corrected chi connectivity index (χ1v) is 7.71. The Kier molecular flexibility index (Phi) is 4.75. The number of carbonyl (C=O) groups is 1. The van der Waals surface area contributed by atoms with Crippen LogP contribution < -0.4 is 5.32 Å². The van der Waals surface area contributed by atoms with Gasteiger partial charge in [-0.05, 0) is 11.1 Å². The van der Waals surface area contributed by atoms with Crippen molar-refractivity contribution < 1.29 is 9.90 Å². The molecule has 4 nitrogen and oxygen atoms in total. The summed E-state index contributed by atoms with van der Waals surface area (Å²) in [5, 5.41) is 12.2. The fourth-order valence-electron chi connectivity index (χ4n) is 2.08. The van der Waals surface area contributed by atoms with E-state index in [4.69, 9.17) is 0 Å². The number of nitrogens with one attached hydrogen (secondary N) is 1. The van der Waals surface area contributed by atoms with Gasteiger partial charge in [-0.3, -0.25) is 4.79 Å². The van der Waals surface area contributed by atoms with Crippen LogP contribution in [0, 0.1) is 0 Å². The van der Waals surface area contributed by atoms with Gasteiger partial charge in [-0.15, -0.1) is 11.3 Å². The van der Waals surface area contributed by atoms with E-state index in [1.54, 1.807) is 5.51 Å². The monoisotopic (exact) mass is 304 g/mol. The van der Waals surface area contributed by atoms with Crippen molar-refractivity contribution in [3.8, 4) is 0 Å². The maximum atomic E-state index is 12.3. The summed E-state index contributed by atoms with van der Waals surface area (Å²) >= 11 is 1.36. The summed E-state index contributed by atoms with van der Waals surface area (Å²) in [6, 6.07) is 7.53. The number of nitrogens with zero attached hydrogens (tertiary/aromatic N) is 1. The minimum absolute atomic E-state index is 0.0279. The highest BCUT2D eigenvalue weighted by atomic mass is 32.1. The molecule has 0 saturated heterocycles. The van der Waals surface area contributed by atoms with Crippen LogP contribution in [0.25, 0.3) is 0 Å². The van der Waals surface area contributed by atoms with Gasteiger partial charge in [0.15, 0.2) is 0 Å². The Hall–Kier alpha value is -1.72. The molecule has 1 amide bonds. The van der Waals surface area contributed by atoms with Crippen LogP contribution in [0.3, 0.4) is 0 Å². The molecule has 0 fully saturated rings. The average Bonchev–Trinajstić information content (AvgIpc) is 2.94. The zero-order chi connectivity index (χ0) is 15.5. The minimum atomic E-state index is -0.157. The Morgan fingerprint density at radius 1 is 1.29 bits per heavy atom. The van der Waals surface area contributed by atoms with Gasteiger partial charge in [-0.1, -0.05) is 45.0 Å². The second-order valence-corrected chi connectivity index (χ2v) is 6.74. The Bertz CT molecular complexity index is 629. The third-order valence-corrected chi connectivity index (χ3v) is 4.04. The molecule has 0 aliphatic rings. The van der Waals surface area contributed by atoms with Gasteiger partial charge in [0.2, 0.25) is 0 Å². The van der Waals surface area contributed by atoms with Crippen molar-refractivity contribution in [2.24, 2.45) is 0 Å². The molecular weight excluding hydrogens is 284 g/mol. The van der Waals surface area contributed by atoms with E-state index in [0.717, 1.165) is 16.8 Å². The molecule has 0 aliphatic heterocycles. The standard InChI is InChI=1S/C16H20N2O2S/c1-16(2,3)14-13(21-10-18-14)15(20)17-8-11-6-4-5-7-12(11)9-19/h4-7,10,19H,8-9H2,1-3H3,(H,17,20). The summed E-state index contributed by atoms with van der Waals surface area (Å²) in [4.78, 5) is 17.3. The van der Waals surface area contributed by atoms with E-state index in [0.29, 0.717) is 11.4 Å². The normalized spacial score (nSPS) is 11.4. The van der Waals surface area contributed by atoms with Crippen molar-refractivity contribution in [3.05, 3.63) is 51.5 Å². The molecule has 21 heavy (non-hydrogen) atoms. The first kappa shape index (κ1) is 15.7. The van der Waals surface area contributed by atoms with Crippen molar-refractivity contribution in [1.29, 1.82) is 0 Å². The molecule has 2 N–H and O–H groups in total. The van der Waals surface area contributed by atoms with E-state index in [1.165, 1.54) is 11.3 Å². The molecule has 2 rings (SSSR count). The quantitative estimate of drug-likeness (QED) is 0.913. The van der Waals surface area contributed by atoms with E-state index in [1.807, 2.05) is 45.0 Å². The van der Waals surface area contributed by atoms with Crippen LogP contribution in [-0.2, 0) is 18.6 Å². The molecule has 0 bridgehead atoms. The van der Waals surface area contributed by atoms with Crippen LogP contribution in [0.15, 0.2) is 29.8 Å². The number of aromatic nitrogens is 1. The number of amides is 1. The lowest BCUT2D eigenvalue weighted by atomic mass is 9.91. The number of aliphatic hydroxyl groups excluding tert-OH is 1. The van der Waals surface area contributed by atoms with Crippen LogP contribution in [0.1, 0.15) is 47.3 Å². The Morgan fingerprint density at radius 3 is 2.57 bits per heavy atom. The van der Waals surface area contributed by atoms with Crippen molar-refractivity contribution >= 4 is 17.2 Å². The number of thiazole rings is 1. The number of rotatable bonds is 4. The first-order valence-electron chi connectivity index (χ1n) is 6.83. The summed E-state index contributed by atoms with van der Waals surface area (Å²) in [5.41, 5.74) is 4.13. The zero-order valence-electron chi connectivity index (χ0n) is 12.5. The molecule has 0 spiro atoms. The predicted octanol–water partition coefficient (Wildman–Crippen LogP) is 2.86. The summed E-state index contributed by atoms with van der Waals surface area (Å²) < 4.78 is 0. The SMILES string of the molecule is CC(C)(C)c1ncsc1C(=O)NCc1ccccc1CO. The van der Waals surface area contributed by atoms with Crippen molar-refractivity contribution in [2.75, 3.05) is 0 Å². The van der Waals surface area contributed by atoms with Crippen LogP contribution in [-0.4, -0.2) is 16.0 Å². The van der Waals surface area contributed by atoms with E-state index in [2.05, 4.69) is 10.3 Å². The highest BCUT2D eigenvalue weighted by molar-refractivity contribution is 7.11. The largest absolute Gasteiger partial charge is 0.392 e. The second-order valence-electron chi connectivity index (χ2n) is 5.89. The van der Waals surface area contributed by atoms with Crippen molar-refractivity contribution in [1.82, 2.24) is 10.3 Å². The van der Waals surface area contributed by atoms with Gasteiger partial charge < -0.3 is 10.4 Å². The fourth-order valence-corrected chi connectivity index (χ4v) is 2.99. The molecular formula is C16H20N2O2S. The van der Waals surface area contributed by atoms with E-state index in [9.17, 15) is 9.90 Å². The molecule has 1 aromatic heterocycles. The van der Waals surface area contributed by atoms with Crippen LogP contribution in [0.4, 0.5) is 0 Å². The highest BCUT2D eigenvalue weighted by Gasteiger charge is 2.24. The van der Waals surface area contributed by atoms with Crippen molar-refractivity contribution in [2.45, 2.75) is 39.3 Å². The number of hydrogen-bond acceptors (Lipinski definition) is 4. The number of aliphatic hydroxyl groups is 1. The Morgan fingerprint density at radius 2 is 1.95 bits per heavy atom. The van der Waals surface area contributed by atoms with E-state index in [-0.39, 0.29) is 17.9 Å². The van der Waals surface area contributed by atoms with Crippen LogP contribution >= 0.6 is 11.3 Å². The summed E-state index contributed by atoms with van der Waals surface area (Å²) in [5.74, 6) is -0.116. The molecule has 2 aromatic rings. The Labute approximate surface area is 128 Å². The first-order chi connectivity index (χ1) is 9.93. The van der Waals surface area contributed by atoms with Gasteiger partial charge in [-0.25, -0.2) is 4.98 Å². The lowest BCUT2D eigenvalue weighted by Crippen LogP contribution is -2.26. The zero-order valence-corrected chi connectivity index (χ0v) is 13.3. The molecule has 1 heterocycles. The third-order valence-electron chi connectivity index (χ3n) is 3.21. The Balaban J connectivity index is 2.11. The van der Waals surface area contributed by atoms with Gasteiger partial charge in [0.05, 0.1) is 17.8 Å². The topological polar surface area (TPSA) is 62.2 Å². The molecule has 0 saturated carbocycles. The van der Waals surface area contributed by atoms with Gasteiger partial charge in [0.25, 0.3) is 5.91 Å². The van der Waals surface area contributed by atoms with Crippen LogP contribution in [0.2, 0.25) is 0 Å².